The molecule has 3 aliphatic carbocycles. The summed E-state index contributed by atoms with van der Waals surface area (Å²) in [6.07, 6.45) is 10.1. The molecule has 1 heterocycles. The molecule has 0 spiro atoms. The zero-order chi connectivity index (χ0) is 12.8. The van der Waals surface area contributed by atoms with Crippen molar-refractivity contribution < 1.29 is 0 Å². The smallest absolute Gasteiger partial charge is 0.191 e. The number of rotatable bonds is 4. The van der Waals surface area contributed by atoms with Crippen molar-refractivity contribution in [2.75, 3.05) is 0 Å². The average Bonchev–Trinajstić information content (AvgIpc) is 3.32. The van der Waals surface area contributed by atoms with E-state index in [2.05, 4.69) is 14.8 Å². The van der Waals surface area contributed by atoms with Crippen LogP contribution in [0, 0.1) is 0 Å². The van der Waals surface area contributed by atoms with Crippen molar-refractivity contribution in [1.82, 2.24) is 14.8 Å². The van der Waals surface area contributed by atoms with Gasteiger partial charge >= 0.3 is 0 Å². The molecule has 0 aromatic carbocycles. The maximum atomic E-state index is 5.99. The third-order valence-corrected chi connectivity index (χ3v) is 5.83. The van der Waals surface area contributed by atoms with E-state index >= 15 is 0 Å². The molecule has 5 heteroatoms. The summed E-state index contributed by atoms with van der Waals surface area (Å²) in [6.45, 7) is 0. The van der Waals surface area contributed by atoms with Gasteiger partial charge in [-0.05, 0) is 51.4 Å². The molecule has 19 heavy (non-hydrogen) atoms. The predicted molar refractivity (Wildman–Crippen MR) is 76.4 cm³/mol. The first-order chi connectivity index (χ1) is 9.31. The van der Waals surface area contributed by atoms with Gasteiger partial charge < -0.3 is 10.3 Å². The molecule has 1 aromatic heterocycles. The highest BCUT2D eigenvalue weighted by Crippen LogP contribution is 2.47. The van der Waals surface area contributed by atoms with Crippen LogP contribution in [0.2, 0.25) is 0 Å². The second-order valence-corrected chi connectivity index (χ2v) is 7.64. The molecule has 3 aliphatic rings. The topological polar surface area (TPSA) is 56.7 Å². The quantitative estimate of drug-likeness (QED) is 0.920. The highest BCUT2D eigenvalue weighted by molar-refractivity contribution is 7.99. The van der Waals surface area contributed by atoms with E-state index in [0.29, 0.717) is 23.3 Å². The van der Waals surface area contributed by atoms with Crippen LogP contribution in [0.3, 0.4) is 0 Å². The lowest BCUT2D eigenvalue weighted by atomic mass is 9.96. The Morgan fingerprint density at radius 3 is 2.32 bits per heavy atom. The molecule has 0 saturated heterocycles. The van der Waals surface area contributed by atoms with Gasteiger partial charge in [0.05, 0.1) is 0 Å². The number of aromatic nitrogens is 3. The Balaban J connectivity index is 1.51. The Morgan fingerprint density at radius 1 is 0.947 bits per heavy atom. The zero-order valence-electron chi connectivity index (χ0n) is 11.3. The predicted octanol–water partition coefficient (Wildman–Crippen LogP) is 2.85. The van der Waals surface area contributed by atoms with E-state index in [1.807, 2.05) is 11.8 Å². The van der Waals surface area contributed by atoms with Gasteiger partial charge in [-0.25, -0.2) is 0 Å². The number of nitrogens with zero attached hydrogens (tertiary/aromatic N) is 3. The maximum Gasteiger partial charge on any atom is 0.191 e. The van der Waals surface area contributed by atoms with Crippen LogP contribution in [-0.2, 0) is 0 Å². The van der Waals surface area contributed by atoms with Crippen molar-refractivity contribution >= 4 is 11.8 Å². The highest BCUT2D eigenvalue weighted by Gasteiger charge is 2.37. The molecule has 0 amide bonds. The molecule has 0 radical (unpaired) electrons. The van der Waals surface area contributed by atoms with Gasteiger partial charge in [-0.3, -0.25) is 0 Å². The normalized spacial score (nSPS) is 31.6. The molecule has 0 aliphatic heterocycles. The van der Waals surface area contributed by atoms with Crippen LogP contribution >= 0.6 is 11.8 Å². The summed E-state index contributed by atoms with van der Waals surface area (Å²) in [7, 11) is 0. The fourth-order valence-electron chi connectivity index (χ4n) is 3.02. The van der Waals surface area contributed by atoms with E-state index in [1.54, 1.807) is 0 Å². The fourth-order valence-corrected chi connectivity index (χ4v) is 4.27. The zero-order valence-corrected chi connectivity index (χ0v) is 12.1. The van der Waals surface area contributed by atoms with Gasteiger partial charge in [0.25, 0.3) is 0 Å². The molecule has 0 atom stereocenters. The second kappa shape index (κ2) is 4.77. The van der Waals surface area contributed by atoms with E-state index in [-0.39, 0.29) is 0 Å². The molecule has 104 valence electrons. The summed E-state index contributed by atoms with van der Waals surface area (Å²) in [5.74, 6) is 1.99. The summed E-state index contributed by atoms with van der Waals surface area (Å²) in [4.78, 5) is 0. The lowest BCUT2D eigenvalue weighted by molar-refractivity contribution is 0.449. The molecular weight excluding hydrogens is 256 g/mol. The van der Waals surface area contributed by atoms with Crippen LogP contribution < -0.4 is 5.73 Å². The van der Waals surface area contributed by atoms with Gasteiger partial charge in [0.15, 0.2) is 5.16 Å². The first-order valence-corrected chi connectivity index (χ1v) is 8.56. The van der Waals surface area contributed by atoms with Gasteiger partial charge in [-0.2, -0.15) is 0 Å². The molecule has 2 N–H and O–H groups in total. The van der Waals surface area contributed by atoms with E-state index in [0.717, 1.165) is 0 Å². The Kier molecular flexibility index (Phi) is 3.07. The minimum absolute atomic E-state index is 0.431. The van der Waals surface area contributed by atoms with Gasteiger partial charge in [-0.1, -0.05) is 11.8 Å². The first kappa shape index (κ1) is 12.2. The minimum atomic E-state index is 0.431. The van der Waals surface area contributed by atoms with E-state index in [9.17, 15) is 0 Å². The molecule has 0 bridgehead atoms. The Labute approximate surface area is 118 Å². The van der Waals surface area contributed by atoms with Crippen LogP contribution in [-0.4, -0.2) is 26.1 Å². The standard InChI is InChI=1S/C14H22N4S/c15-10-3-7-12(8-4-10)19-14-17-16-13(9-1-2-9)18(14)11-5-6-11/h9-12H,1-8,15H2. The van der Waals surface area contributed by atoms with Gasteiger partial charge in [0.2, 0.25) is 0 Å². The van der Waals surface area contributed by atoms with Crippen LogP contribution in [0.4, 0.5) is 0 Å². The van der Waals surface area contributed by atoms with Gasteiger partial charge in [0.1, 0.15) is 5.82 Å². The van der Waals surface area contributed by atoms with Crippen molar-refractivity contribution in [2.24, 2.45) is 5.73 Å². The van der Waals surface area contributed by atoms with Crippen molar-refractivity contribution in [2.45, 2.75) is 79.8 Å². The average molecular weight is 278 g/mol. The van der Waals surface area contributed by atoms with Crippen molar-refractivity contribution in [3.63, 3.8) is 0 Å². The number of hydrogen-bond donors (Lipinski definition) is 1. The Hall–Kier alpha value is -0.550. The second-order valence-electron chi connectivity index (χ2n) is 6.37. The van der Waals surface area contributed by atoms with Crippen LogP contribution in [0.25, 0.3) is 0 Å². The van der Waals surface area contributed by atoms with Crippen LogP contribution in [0.1, 0.15) is 69.2 Å². The number of thioether (sulfide) groups is 1. The number of hydrogen-bond acceptors (Lipinski definition) is 4. The fraction of sp³-hybridized carbons (Fsp3) is 0.857. The lowest BCUT2D eigenvalue weighted by Crippen LogP contribution is -2.27. The Morgan fingerprint density at radius 2 is 1.68 bits per heavy atom. The summed E-state index contributed by atoms with van der Waals surface area (Å²) in [6, 6.07) is 1.14. The molecular formula is C14H22N4S. The van der Waals surface area contributed by atoms with Crippen molar-refractivity contribution in [3.05, 3.63) is 5.82 Å². The minimum Gasteiger partial charge on any atom is -0.328 e. The van der Waals surface area contributed by atoms with Crippen molar-refractivity contribution in [1.29, 1.82) is 0 Å². The summed E-state index contributed by atoms with van der Waals surface area (Å²) in [5, 5.41) is 10.9. The lowest BCUT2D eigenvalue weighted by Gasteiger charge is -2.25. The van der Waals surface area contributed by atoms with E-state index in [1.165, 1.54) is 62.3 Å². The molecule has 3 fully saturated rings. The Bertz CT molecular complexity index is 456. The SMILES string of the molecule is NC1CCC(Sc2nnc(C3CC3)n2C2CC2)CC1. The highest BCUT2D eigenvalue weighted by atomic mass is 32.2. The molecule has 4 rings (SSSR count). The summed E-state index contributed by atoms with van der Waals surface area (Å²) in [5.41, 5.74) is 5.99. The van der Waals surface area contributed by atoms with Gasteiger partial charge in [-0.15, -0.1) is 10.2 Å². The van der Waals surface area contributed by atoms with Crippen LogP contribution in [0.15, 0.2) is 5.16 Å². The monoisotopic (exact) mass is 278 g/mol. The molecule has 0 unspecified atom stereocenters. The van der Waals surface area contributed by atoms with Crippen LogP contribution in [0.5, 0.6) is 0 Å². The maximum absolute atomic E-state index is 5.99. The van der Waals surface area contributed by atoms with Crippen molar-refractivity contribution in [3.8, 4) is 0 Å². The first-order valence-electron chi connectivity index (χ1n) is 7.68. The largest absolute Gasteiger partial charge is 0.328 e. The third-order valence-electron chi connectivity index (χ3n) is 4.54. The summed E-state index contributed by atoms with van der Waals surface area (Å²) < 4.78 is 2.47. The molecule has 3 saturated carbocycles. The molecule has 1 aromatic rings. The third kappa shape index (κ3) is 2.55. The van der Waals surface area contributed by atoms with E-state index < -0.39 is 0 Å². The van der Waals surface area contributed by atoms with E-state index in [4.69, 9.17) is 5.73 Å². The van der Waals surface area contributed by atoms with Gasteiger partial charge in [0, 0.05) is 23.3 Å². The number of nitrogens with two attached hydrogens (primary N) is 1. The summed E-state index contributed by atoms with van der Waals surface area (Å²) >= 11 is 1.96. The molecule has 4 nitrogen and oxygen atoms in total.